The van der Waals surface area contributed by atoms with Crippen LogP contribution in [0.5, 0.6) is 0 Å². The summed E-state index contributed by atoms with van der Waals surface area (Å²) in [6.45, 7) is 0. The first-order chi connectivity index (χ1) is 10.6. The Kier molecular flexibility index (Phi) is 3.16. The van der Waals surface area contributed by atoms with Crippen LogP contribution < -0.4 is 10.0 Å². The minimum absolute atomic E-state index is 0.582. The molecule has 106 valence electrons. The number of hydrazine groups is 1. The van der Waals surface area contributed by atoms with Gasteiger partial charge in [-0.15, -0.1) is 0 Å². The third kappa shape index (κ3) is 1.75. The van der Waals surface area contributed by atoms with Gasteiger partial charge in [0.15, 0.2) is 0 Å². The Hall–Kier alpha value is -1.60. The Morgan fingerprint density at radius 3 is 1.32 bits per heavy atom. The fourth-order valence-electron chi connectivity index (χ4n) is 2.74. The van der Waals surface area contributed by atoms with Crippen molar-refractivity contribution in [1.82, 2.24) is 0 Å². The van der Waals surface area contributed by atoms with Crippen molar-refractivity contribution in [3.8, 4) is 0 Å². The van der Waals surface area contributed by atoms with Gasteiger partial charge in [0.1, 0.15) is 9.98 Å². The highest BCUT2D eigenvalue weighted by Gasteiger charge is 2.40. The number of anilines is 2. The lowest BCUT2D eigenvalue weighted by atomic mass is 10.2. The fraction of sp³-hybridized carbons (Fsp3) is 0. The molecule has 0 atom stereocenters. The molecule has 2 nitrogen and oxygen atoms in total. The van der Waals surface area contributed by atoms with E-state index in [9.17, 15) is 0 Å². The first-order valence-corrected chi connectivity index (χ1v) is 8.20. The molecule has 2 heterocycles. The normalized spacial score (nSPS) is 16.4. The molecule has 0 spiro atoms. The van der Waals surface area contributed by atoms with Crippen LogP contribution in [-0.4, -0.2) is 19.7 Å². The highest BCUT2D eigenvalue weighted by Crippen LogP contribution is 2.38. The summed E-state index contributed by atoms with van der Waals surface area (Å²) in [5.41, 5.74) is 3.81. The molecule has 2 aromatic rings. The van der Waals surface area contributed by atoms with Crippen molar-refractivity contribution in [3.63, 3.8) is 0 Å². The van der Waals surface area contributed by atoms with Crippen LogP contribution in [0.4, 0.5) is 11.4 Å². The van der Waals surface area contributed by atoms with E-state index in [0.29, 0.717) is 19.7 Å². The van der Waals surface area contributed by atoms with Gasteiger partial charge in [-0.05, 0) is 12.1 Å². The Morgan fingerprint density at radius 2 is 0.909 bits per heavy atom. The molecular formula is C16H8N2S4. The van der Waals surface area contributed by atoms with Crippen molar-refractivity contribution in [1.29, 1.82) is 0 Å². The molecule has 0 N–H and O–H groups in total. The van der Waals surface area contributed by atoms with E-state index in [1.165, 1.54) is 0 Å². The van der Waals surface area contributed by atoms with Gasteiger partial charge >= 0.3 is 0 Å². The monoisotopic (exact) mass is 356 g/mol. The summed E-state index contributed by atoms with van der Waals surface area (Å²) in [6.07, 6.45) is 0. The second-order valence-corrected chi connectivity index (χ2v) is 6.52. The van der Waals surface area contributed by atoms with Crippen LogP contribution in [0, 0.1) is 0 Å². The summed E-state index contributed by atoms with van der Waals surface area (Å²) in [7, 11) is 0. The zero-order chi connectivity index (χ0) is 15.4. The molecule has 2 aromatic carbocycles. The van der Waals surface area contributed by atoms with Crippen molar-refractivity contribution in [3.05, 3.63) is 59.7 Å². The molecular weight excluding hydrogens is 348 g/mol. The van der Waals surface area contributed by atoms with Crippen molar-refractivity contribution < 1.29 is 0 Å². The number of para-hydroxylation sites is 2. The van der Waals surface area contributed by atoms with Crippen LogP contribution in [0.1, 0.15) is 11.1 Å². The van der Waals surface area contributed by atoms with Gasteiger partial charge in [0.05, 0.1) is 21.1 Å². The first-order valence-electron chi connectivity index (χ1n) is 6.57. The maximum absolute atomic E-state index is 5.57. The third-order valence-corrected chi connectivity index (χ3v) is 5.57. The van der Waals surface area contributed by atoms with Crippen LogP contribution in [0.3, 0.4) is 0 Å². The molecule has 0 bridgehead atoms. The molecule has 0 radical (unpaired) electrons. The van der Waals surface area contributed by atoms with Gasteiger partial charge in [-0.2, -0.15) is 0 Å². The highest BCUT2D eigenvalue weighted by molar-refractivity contribution is 7.91. The second kappa shape index (κ2) is 4.96. The average molecular weight is 357 g/mol. The van der Waals surface area contributed by atoms with Crippen LogP contribution >= 0.6 is 48.9 Å². The number of hydrogen-bond acceptors (Lipinski definition) is 4. The Morgan fingerprint density at radius 1 is 0.545 bits per heavy atom. The maximum atomic E-state index is 5.57. The second-order valence-electron chi connectivity index (χ2n) is 4.93. The number of thiocarbonyl (C=S) groups is 4. The minimum atomic E-state index is 0.582. The number of fused-ring (bicyclic) bond motifs is 2. The van der Waals surface area contributed by atoms with Gasteiger partial charge in [-0.1, -0.05) is 85.3 Å². The van der Waals surface area contributed by atoms with E-state index in [-0.39, 0.29) is 0 Å². The van der Waals surface area contributed by atoms with Gasteiger partial charge in [0, 0.05) is 11.1 Å². The zero-order valence-corrected chi connectivity index (χ0v) is 14.4. The van der Waals surface area contributed by atoms with E-state index in [1.54, 1.807) is 0 Å². The van der Waals surface area contributed by atoms with E-state index in [2.05, 4.69) is 0 Å². The summed E-state index contributed by atoms with van der Waals surface area (Å²) in [6, 6.07) is 15.8. The average Bonchev–Trinajstić information content (AvgIpc) is 2.94. The standard InChI is InChI=1S/C16H8N2S4/c19-13-9-5-1-3-7-11(9)17(15(13)21)18-12-8-4-2-6-10(12)14(20)16(18)22/h1-8H. The van der Waals surface area contributed by atoms with Gasteiger partial charge in [0.25, 0.3) is 0 Å². The van der Waals surface area contributed by atoms with Crippen LogP contribution in [0.15, 0.2) is 48.5 Å². The molecule has 6 heteroatoms. The van der Waals surface area contributed by atoms with Crippen LogP contribution in [-0.2, 0) is 0 Å². The molecule has 4 rings (SSSR count). The number of rotatable bonds is 1. The van der Waals surface area contributed by atoms with Crippen LogP contribution in [0.2, 0.25) is 0 Å². The molecule has 0 saturated heterocycles. The number of nitrogens with zero attached hydrogens (tertiary/aromatic N) is 2. The molecule has 2 aliphatic heterocycles. The molecule has 0 saturated carbocycles. The molecule has 0 amide bonds. The molecule has 0 fully saturated rings. The van der Waals surface area contributed by atoms with Crippen molar-refractivity contribution >= 4 is 80.0 Å². The third-order valence-electron chi connectivity index (χ3n) is 3.73. The van der Waals surface area contributed by atoms with E-state index < -0.39 is 0 Å². The maximum Gasteiger partial charge on any atom is 0.145 e. The summed E-state index contributed by atoms with van der Waals surface area (Å²) < 4.78 is 0. The summed E-state index contributed by atoms with van der Waals surface area (Å²) in [5, 5.41) is 3.79. The molecule has 0 aromatic heterocycles. The minimum Gasteiger partial charge on any atom is -0.235 e. The Labute approximate surface area is 149 Å². The van der Waals surface area contributed by atoms with E-state index in [1.807, 2.05) is 58.5 Å². The Balaban J connectivity index is 1.93. The van der Waals surface area contributed by atoms with Crippen molar-refractivity contribution in [2.24, 2.45) is 0 Å². The zero-order valence-electron chi connectivity index (χ0n) is 11.1. The van der Waals surface area contributed by atoms with Gasteiger partial charge in [-0.25, -0.2) is 10.0 Å². The molecule has 0 aliphatic carbocycles. The summed E-state index contributed by atoms with van der Waals surface area (Å²) in [5.74, 6) is 0. The fourth-order valence-corrected chi connectivity index (χ4v) is 3.84. The summed E-state index contributed by atoms with van der Waals surface area (Å²) in [4.78, 5) is 2.50. The largest absolute Gasteiger partial charge is 0.235 e. The molecule has 22 heavy (non-hydrogen) atoms. The highest BCUT2D eigenvalue weighted by atomic mass is 32.1. The Bertz CT molecular complexity index is 814. The molecule has 2 aliphatic rings. The number of hydrogen-bond donors (Lipinski definition) is 0. The van der Waals surface area contributed by atoms with E-state index >= 15 is 0 Å². The van der Waals surface area contributed by atoms with Crippen LogP contribution in [0.25, 0.3) is 0 Å². The lowest BCUT2D eigenvalue weighted by Crippen LogP contribution is -2.47. The van der Waals surface area contributed by atoms with E-state index in [0.717, 1.165) is 22.5 Å². The smallest absolute Gasteiger partial charge is 0.145 e. The predicted molar refractivity (Wildman–Crippen MR) is 106 cm³/mol. The van der Waals surface area contributed by atoms with Gasteiger partial charge in [0.2, 0.25) is 0 Å². The predicted octanol–water partition coefficient (Wildman–Crippen LogP) is 4.03. The summed E-state index contributed by atoms with van der Waals surface area (Å²) >= 11 is 22.1. The quantitative estimate of drug-likeness (QED) is 0.707. The van der Waals surface area contributed by atoms with Crippen molar-refractivity contribution in [2.75, 3.05) is 10.0 Å². The number of benzene rings is 2. The van der Waals surface area contributed by atoms with Crippen molar-refractivity contribution in [2.45, 2.75) is 0 Å². The topological polar surface area (TPSA) is 6.48 Å². The molecule has 0 unspecified atom stereocenters. The SMILES string of the molecule is S=C1C(=S)N(N2C(=S)C(=S)c3ccccc32)c2ccccc21. The first kappa shape index (κ1) is 14.0. The lowest BCUT2D eigenvalue weighted by molar-refractivity contribution is 1.11. The van der Waals surface area contributed by atoms with Gasteiger partial charge in [-0.3, -0.25) is 0 Å². The van der Waals surface area contributed by atoms with E-state index in [4.69, 9.17) is 48.9 Å². The lowest BCUT2D eigenvalue weighted by Gasteiger charge is -2.31. The van der Waals surface area contributed by atoms with Gasteiger partial charge < -0.3 is 0 Å².